The molecule has 0 saturated heterocycles. The fourth-order valence-electron chi connectivity index (χ4n) is 3.02. The van der Waals surface area contributed by atoms with E-state index in [4.69, 9.17) is 10.5 Å². The molecule has 1 heterocycles. The van der Waals surface area contributed by atoms with Gasteiger partial charge < -0.3 is 10.5 Å². The van der Waals surface area contributed by atoms with Gasteiger partial charge in [0.2, 0.25) is 10.0 Å². The van der Waals surface area contributed by atoms with Gasteiger partial charge in [0.1, 0.15) is 11.4 Å². The third kappa shape index (κ3) is 3.39. The van der Waals surface area contributed by atoms with Crippen molar-refractivity contribution in [2.45, 2.75) is 43.7 Å². The molecule has 0 fully saturated rings. The molecule has 0 aromatic heterocycles. The lowest BCUT2D eigenvalue weighted by Crippen LogP contribution is -2.41. The summed E-state index contributed by atoms with van der Waals surface area (Å²) in [7, 11) is -3.63. The van der Waals surface area contributed by atoms with E-state index < -0.39 is 21.7 Å². The van der Waals surface area contributed by atoms with E-state index in [1.54, 1.807) is 36.4 Å². The molecule has 3 rings (SSSR count). The Hall–Kier alpha value is -2.05. The molecule has 0 spiro atoms. The normalized spacial score (nSPS) is 19.4. The first-order chi connectivity index (χ1) is 11.2. The van der Waals surface area contributed by atoms with Gasteiger partial charge in [-0.25, -0.2) is 13.1 Å². The summed E-state index contributed by atoms with van der Waals surface area (Å²) in [5, 5.41) is 0. The van der Waals surface area contributed by atoms with Gasteiger partial charge in [-0.15, -0.1) is 0 Å². The Labute approximate surface area is 142 Å². The maximum atomic E-state index is 12.8. The van der Waals surface area contributed by atoms with Gasteiger partial charge in [-0.1, -0.05) is 12.1 Å². The van der Waals surface area contributed by atoms with E-state index >= 15 is 0 Å². The molecule has 1 aliphatic rings. The van der Waals surface area contributed by atoms with Crippen molar-refractivity contribution in [3.8, 4) is 5.75 Å². The molecule has 1 atom stereocenters. The second kappa shape index (κ2) is 5.79. The van der Waals surface area contributed by atoms with E-state index in [1.807, 2.05) is 26.8 Å². The number of nitrogen functional groups attached to an aromatic ring is 1. The molecule has 5 nitrogen and oxygen atoms in total. The van der Waals surface area contributed by atoms with Gasteiger partial charge in [-0.3, -0.25) is 0 Å². The van der Waals surface area contributed by atoms with E-state index in [-0.39, 0.29) is 4.90 Å². The highest BCUT2D eigenvalue weighted by atomic mass is 32.2. The molecule has 128 valence electrons. The third-order valence-corrected chi connectivity index (χ3v) is 5.56. The quantitative estimate of drug-likeness (QED) is 0.837. The van der Waals surface area contributed by atoms with E-state index in [1.165, 1.54) is 0 Å². The third-order valence-electron chi connectivity index (χ3n) is 4.09. The molecule has 3 N–H and O–H groups in total. The number of sulfonamides is 1. The average molecular weight is 346 g/mol. The zero-order chi connectivity index (χ0) is 17.5. The molecule has 1 unspecified atom stereocenters. The standard InChI is InChI=1S/C18H22N2O3S/c1-12-5-4-6-14(9-12)24(21,22)20-16-11-18(2,3)23-17-8-7-13(19)10-15(16)17/h4-10,16,20H,11,19H2,1-3H3. The van der Waals surface area contributed by atoms with E-state index in [0.717, 1.165) is 11.1 Å². The molecule has 2 aromatic rings. The number of hydrogen-bond acceptors (Lipinski definition) is 4. The van der Waals surface area contributed by atoms with Gasteiger partial charge in [0, 0.05) is 17.7 Å². The minimum atomic E-state index is -3.63. The minimum Gasteiger partial charge on any atom is -0.487 e. The van der Waals surface area contributed by atoms with Crippen LogP contribution in [0.1, 0.15) is 37.4 Å². The second-order valence-electron chi connectivity index (χ2n) is 6.85. The summed E-state index contributed by atoms with van der Waals surface area (Å²) in [6.07, 6.45) is 0.522. The van der Waals surface area contributed by atoms with Crippen LogP contribution in [0.2, 0.25) is 0 Å². The highest BCUT2D eigenvalue weighted by Crippen LogP contribution is 2.41. The number of aryl methyl sites for hydroxylation is 1. The molecule has 0 radical (unpaired) electrons. The van der Waals surface area contributed by atoms with Crippen molar-refractivity contribution in [1.29, 1.82) is 0 Å². The number of nitrogens with two attached hydrogens (primary N) is 1. The van der Waals surface area contributed by atoms with Crippen molar-refractivity contribution in [3.63, 3.8) is 0 Å². The Morgan fingerprint density at radius 1 is 1.21 bits per heavy atom. The monoisotopic (exact) mass is 346 g/mol. The molecule has 2 aromatic carbocycles. The number of hydrogen-bond donors (Lipinski definition) is 2. The van der Waals surface area contributed by atoms with Gasteiger partial charge >= 0.3 is 0 Å². The lowest BCUT2D eigenvalue weighted by Gasteiger charge is -2.37. The van der Waals surface area contributed by atoms with Gasteiger partial charge in [0.05, 0.1) is 10.9 Å². The van der Waals surface area contributed by atoms with Crippen molar-refractivity contribution in [2.24, 2.45) is 0 Å². The number of benzene rings is 2. The van der Waals surface area contributed by atoms with Crippen LogP contribution < -0.4 is 15.2 Å². The van der Waals surface area contributed by atoms with Crippen LogP contribution in [0.3, 0.4) is 0 Å². The van der Waals surface area contributed by atoms with Crippen LogP contribution in [0, 0.1) is 6.92 Å². The van der Waals surface area contributed by atoms with Gasteiger partial charge in [0.15, 0.2) is 0 Å². The molecule has 0 amide bonds. The maximum Gasteiger partial charge on any atom is 0.241 e. The van der Waals surface area contributed by atoms with Crippen LogP contribution in [0.25, 0.3) is 0 Å². The van der Waals surface area contributed by atoms with Crippen molar-refractivity contribution in [1.82, 2.24) is 4.72 Å². The Kier molecular flexibility index (Phi) is 4.05. The summed E-state index contributed by atoms with van der Waals surface area (Å²) in [5.74, 6) is 0.664. The molecule has 1 aliphatic heterocycles. The fraction of sp³-hybridized carbons (Fsp3) is 0.333. The first kappa shape index (κ1) is 16.8. The van der Waals surface area contributed by atoms with Gasteiger partial charge in [-0.2, -0.15) is 0 Å². The Bertz CT molecular complexity index is 876. The smallest absolute Gasteiger partial charge is 0.241 e. The molecule has 0 saturated carbocycles. The molecular weight excluding hydrogens is 324 g/mol. The van der Waals surface area contributed by atoms with Crippen molar-refractivity contribution in [3.05, 3.63) is 53.6 Å². The van der Waals surface area contributed by atoms with E-state index in [2.05, 4.69) is 4.72 Å². The summed E-state index contributed by atoms with van der Waals surface area (Å²) in [5.41, 5.74) is 7.65. The zero-order valence-electron chi connectivity index (χ0n) is 14.0. The SMILES string of the molecule is Cc1cccc(S(=O)(=O)NC2CC(C)(C)Oc3ccc(N)cc32)c1. The zero-order valence-corrected chi connectivity index (χ0v) is 14.9. The number of nitrogens with one attached hydrogen (secondary N) is 1. The van der Waals surface area contributed by atoms with Crippen molar-refractivity contribution < 1.29 is 13.2 Å². The first-order valence-corrected chi connectivity index (χ1v) is 9.32. The molecule has 24 heavy (non-hydrogen) atoms. The number of fused-ring (bicyclic) bond motifs is 1. The molecule has 0 aliphatic carbocycles. The summed E-state index contributed by atoms with van der Waals surface area (Å²) in [6, 6.07) is 11.8. The summed E-state index contributed by atoms with van der Waals surface area (Å²) in [6.45, 7) is 5.76. The Morgan fingerprint density at radius 2 is 1.96 bits per heavy atom. The largest absolute Gasteiger partial charge is 0.487 e. The van der Waals surface area contributed by atoms with Crippen molar-refractivity contribution in [2.75, 3.05) is 5.73 Å². The van der Waals surface area contributed by atoms with Crippen LogP contribution in [-0.4, -0.2) is 14.0 Å². The minimum absolute atomic E-state index is 0.261. The van der Waals surface area contributed by atoms with Gasteiger partial charge in [-0.05, 0) is 56.7 Å². The summed E-state index contributed by atoms with van der Waals surface area (Å²) < 4.78 is 34.3. The van der Waals surface area contributed by atoms with Crippen LogP contribution in [-0.2, 0) is 10.0 Å². The number of rotatable bonds is 3. The topological polar surface area (TPSA) is 81.4 Å². The summed E-state index contributed by atoms with van der Waals surface area (Å²) >= 11 is 0. The van der Waals surface area contributed by atoms with Crippen LogP contribution in [0.15, 0.2) is 47.4 Å². The van der Waals surface area contributed by atoms with Crippen LogP contribution in [0.5, 0.6) is 5.75 Å². The second-order valence-corrected chi connectivity index (χ2v) is 8.57. The molecule has 6 heteroatoms. The van der Waals surface area contributed by atoms with E-state index in [0.29, 0.717) is 17.9 Å². The Balaban J connectivity index is 1.99. The Morgan fingerprint density at radius 3 is 2.67 bits per heavy atom. The van der Waals surface area contributed by atoms with Gasteiger partial charge in [0.25, 0.3) is 0 Å². The lowest BCUT2D eigenvalue weighted by atomic mass is 9.90. The maximum absolute atomic E-state index is 12.8. The first-order valence-electron chi connectivity index (χ1n) is 7.84. The predicted octanol–water partition coefficient (Wildman–Crippen LogP) is 3.16. The predicted molar refractivity (Wildman–Crippen MR) is 94.4 cm³/mol. The lowest BCUT2D eigenvalue weighted by molar-refractivity contribution is 0.0702. The molecule has 0 bridgehead atoms. The van der Waals surface area contributed by atoms with E-state index in [9.17, 15) is 8.42 Å². The number of ether oxygens (including phenoxy) is 1. The summed E-state index contributed by atoms with van der Waals surface area (Å²) in [4.78, 5) is 0.261. The molecular formula is C18H22N2O3S. The van der Waals surface area contributed by atoms with Crippen molar-refractivity contribution >= 4 is 15.7 Å². The highest BCUT2D eigenvalue weighted by molar-refractivity contribution is 7.89. The average Bonchev–Trinajstić information content (AvgIpc) is 2.47. The van der Waals surface area contributed by atoms with Crippen LogP contribution in [0.4, 0.5) is 5.69 Å². The fourth-order valence-corrected chi connectivity index (χ4v) is 4.34. The van der Waals surface area contributed by atoms with Crippen LogP contribution >= 0.6 is 0 Å². The number of anilines is 1. The highest BCUT2D eigenvalue weighted by Gasteiger charge is 2.36.